The van der Waals surface area contributed by atoms with E-state index < -0.39 is 0 Å². The summed E-state index contributed by atoms with van der Waals surface area (Å²) in [5, 5.41) is 10.3. The summed E-state index contributed by atoms with van der Waals surface area (Å²) in [6, 6.07) is 20.1. The zero-order valence-corrected chi connectivity index (χ0v) is 14.9. The zero-order chi connectivity index (χ0) is 17.3. The van der Waals surface area contributed by atoms with Crippen molar-refractivity contribution in [3.8, 4) is 5.75 Å². The fraction of sp³-hybridized carbons (Fsp3) is 0.455. The summed E-state index contributed by atoms with van der Waals surface area (Å²) < 4.78 is 5.26. The van der Waals surface area contributed by atoms with Crippen molar-refractivity contribution in [2.45, 2.75) is 44.3 Å². The molecular weight excluding hydrogens is 310 g/mol. The average molecular weight is 337 g/mol. The van der Waals surface area contributed by atoms with E-state index in [1.165, 1.54) is 24.0 Å². The van der Waals surface area contributed by atoms with E-state index in [4.69, 9.17) is 4.74 Å². The molecule has 2 fully saturated rings. The molecule has 0 aliphatic carbocycles. The van der Waals surface area contributed by atoms with Gasteiger partial charge in [0.15, 0.2) is 0 Å². The van der Waals surface area contributed by atoms with Crippen LogP contribution in [0.25, 0.3) is 0 Å². The Labute approximate surface area is 150 Å². The molecule has 2 bridgehead atoms. The first-order valence-electron chi connectivity index (χ1n) is 9.27. The van der Waals surface area contributed by atoms with Crippen LogP contribution >= 0.6 is 0 Å². The first-order valence-corrected chi connectivity index (χ1v) is 9.27. The number of fused-ring (bicyclic) bond motifs is 2. The van der Waals surface area contributed by atoms with Gasteiger partial charge < -0.3 is 9.84 Å². The van der Waals surface area contributed by atoms with Crippen LogP contribution in [0.1, 0.15) is 30.4 Å². The van der Waals surface area contributed by atoms with E-state index in [2.05, 4.69) is 47.4 Å². The number of methoxy groups -OCH3 is 1. The number of hydrogen-bond acceptors (Lipinski definition) is 3. The van der Waals surface area contributed by atoms with Gasteiger partial charge in [0.05, 0.1) is 13.7 Å². The molecule has 2 aromatic rings. The summed E-state index contributed by atoms with van der Waals surface area (Å²) in [6.07, 6.45) is 4.55. The second-order valence-corrected chi connectivity index (χ2v) is 7.65. The first-order chi connectivity index (χ1) is 12.2. The zero-order valence-electron chi connectivity index (χ0n) is 14.9. The molecular formula is C22H27NO2. The van der Waals surface area contributed by atoms with E-state index in [0.717, 1.165) is 25.1 Å². The third-order valence-corrected chi connectivity index (χ3v) is 6.23. The Kier molecular flexibility index (Phi) is 4.53. The summed E-state index contributed by atoms with van der Waals surface area (Å²) in [5.41, 5.74) is 2.68. The molecule has 4 rings (SSSR count). The van der Waals surface area contributed by atoms with Crippen LogP contribution in [0.5, 0.6) is 5.75 Å². The van der Waals surface area contributed by atoms with Crippen LogP contribution in [-0.4, -0.2) is 35.8 Å². The molecule has 0 unspecified atom stereocenters. The number of aliphatic hydroxyl groups is 1. The number of aliphatic hydroxyl groups excluding tert-OH is 1. The van der Waals surface area contributed by atoms with Crippen LogP contribution in [0.2, 0.25) is 0 Å². The van der Waals surface area contributed by atoms with Gasteiger partial charge in [-0.25, -0.2) is 0 Å². The first kappa shape index (κ1) is 16.6. The molecule has 2 aromatic carbocycles. The lowest BCUT2D eigenvalue weighted by atomic mass is 9.70. The topological polar surface area (TPSA) is 32.7 Å². The van der Waals surface area contributed by atoms with Crippen LogP contribution in [0.15, 0.2) is 54.6 Å². The third-order valence-electron chi connectivity index (χ3n) is 6.23. The molecule has 3 heteroatoms. The monoisotopic (exact) mass is 337 g/mol. The molecule has 0 radical (unpaired) electrons. The van der Waals surface area contributed by atoms with Gasteiger partial charge in [0, 0.05) is 24.0 Å². The standard InChI is InChI=1S/C22H27NO2/c1-25-20-10-7-18(8-11-20)15-23-19-9-12-21(23)22(14-19,16-24)13-17-5-3-2-4-6-17/h2-8,10-11,19,21,24H,9,12-16H2,1H3/t19-,21+,22-/m0/s1. The molecule has 3 nitrogen and oxygen atoms in total. The molecule has 1 N–H and O–H groups in total. The van der Waals surface area contributed by atoms with Crippen molar-refractivity contribution in [1.29, 1.82) is 0 Å². The molecule has 0 amide bonds. The molecule has 25 heavy (non-hydrogen) atoms. The van der Waals surface area contributed by atoms with Gasteiger partial charge in [-0.1, -0.05) is 42.5 Å². The highest BCUT2D eigenvalue weighted by molar-refractivity contribution is 5.28. The van der Waals surface area contributed by atoms with Crippen molar-refractivity contribution in [3.63, 3.8) is 0 Å². The van der Waals surface area contributed by atoms with E-state index >= 15 is 0 Å². The van der Waals surface area contributed by atoms with E-state index in [0.29, 0.717) is 12.1 Å². The fourth-order valence-electron chi connectivity index (χ4n) is 5.02. The number of nitrogens with zero attached hydrogens (tertiary/aromatic N) is 1. The summed E-state index contributed by atoms with van der Waals surface area (Å²) in [7, 11) is 1.70. The molecule has 2 saturated heterocycles. The molecule has 132 valence electrons. The molecule has 2 heterocycles. The third kappa shape index (κ3) is 3.07. The summed E-state index contributed by atoms with van der Waals surface area (Å²) in [5.74, 6) is 0.905. The van der Waals surface area contributed by atoms with Gasteiger partial charge in [0.1, 0.15) is 5.75 Å². The molecule has 2 aliphatic heterocycles. The lowest BCUT2D eigenvalue weighted by Gasteiger charge is -2.36. The highest BCUT2D eigenvalue weighted by Crippen LogP contribution is 2.51. The Balaban J connectivity index is 1.53. The smallest absolute Gasteiger partial charge is 0.118 e. The van der Waals surface area contributed by atoms with Crippen LogP contribution in [0.4, 0.5) is 0 Å². The normalized spacial score (nSPS) is 28.4. The SMILES string of the molecule is COc1ccc(CN2[C@H]3CC[C@@H]2[C@@](CO)(Cc2ccccc2)C3)cc1. The minimum Gasteiger partial charge on any atom is -0.497 e. The number of benzene rings is 2. The van der Waals surface area contributed by atoms with Crippen LogP contribution < -0.4 is 4.74 Å². The maximum absolute atomic E-state index is 10.3. The van der Waals surface area contributed by atoms with Crippen LogP contribution in [-0.2, 0) is 13.0 Å². The van der Waals surface area contributed by atoms with E-state index in [1.54, 1.807) is 7.11 Å². The molecule has 0 spiro atoms. The van der Waals surface area contributed by atoms with Gasteiger partial charge in [0.2, 0.25) is 0 Å². The Morgan fingerprint density at radius 1 is 1.04 bits per heavy atom. The van der Waals surface area contributed by atoms with Gasteiger partial charge in [0.25, 0.3) is 0 Å². The van der Waals surface area contributed by atoms with Gasteiger partial charge in [-0.3, -0.25) is 4.90 Å². The van der Waals surface area contributed by atoms with Crippen LogP contribution in [0.3, 0.4) is 0 Å². The summed E-state index contributed by atoms with van der Waals surface area (Å²) in [6.45, 7) is 1.25. The lowest BCUT2D eigenvalue weighted by Crippen LogP contribution is -2.41. The van der Waals surface area contributed by atoms with E-state index in [9.17, 15) is 5.11 Å². The van der Waals surface area contributed by atoms with Gasteiger partial charge in [-0.2, -0.15) is 0 Å². The highest BCUT2D eigenvalue weighted by atomic mass is 16.5. The van der Waals surface area contributed by atoms with Crippen molar-refractivity contribution >= 4 is 0 Å². The van der Waals surface area contributed by atoms with Crippen molar-refractivity contribution in [3.05, 3.63) is 65.7 Å². The second-order valence-electron chi connectivity index (χ2n) is 7.65. The minimum atomic E-state index is 0.0107. The Morgan fingerprint density at radius 3 is 2.48 bits per heavy atom. The summed E-state index contributed by atoms with van der Waals surface area (Å²) in [4.78, 5) is 2.64. The maximum atomic E-state index is 10.3. The summed E-state index contributed by atoms with van der Waals surface area (Å²) >= 11 is 0. The van der Waals surface area contributed by atoms with Gasteiger partial charge in [-0.05, 0) is 48.9 Å². The quantitative estimate of drug-likeness (QED) is 0.873. The average Bonchev–Trinajstić information content (AvgIpc) is 3.18. The van der Waals surface area contributed by atoms with E-state index in [1.807, 2.05) is 12.1 Å². The largest absolute Gasteiger partial charge is 0.497 e. The predicted octanol–water partition coefficient (Wildman–Crippen LogP) is 3.65. The van der Waals surface area contributed by atoms with Gasteiger partial charge in [-0.15, -0.1) is 0 Å². The Bertz CT molecular complexity index is 700. The van der Waals surface area contributed by atoms with Gasteiger partial charge >= 0.3 is 0 Å². The fourth-order valence-corrected chi connectivity index (χ4v) is 5.02. The predicted molar refractivity (Wildman–Crippen MR) is 99.6 cm³/mol. The number of hydrogen-bond donors (Lipinski definition) is 1. The minimum absolute atomic E-state index is 0.0107. The second kappa shape index (κ2) is 6.81. The van der Waals surface area contributed by atoms with Crippen molar-refractivity contribution in [2.24, 2.45) is 5.41 Å². The van der Waals surface area contributed by atoms with Crippen molar-refractivity contribution in [1.82, 2.24) is 4.90 Å². The van der Waals surface area contributed by atoms with Crippen molar-refractivity contribution in [2.75, 3.05) is 13.7 Å². The number of ether oxygens (including phenoxy) is 1. The van der Waals surface area contributed by atoms with Crippen LogP contribution in [0, 0.1) is 5.41 Å². The van der Waals surface area contributed by atoms with E-state index in [-0.39, 0.29) is 12.0 Å². The maximum Gasteiger partial charge on any atom is 0.118 e. The molecule has 0 saturated carbocycles. The molecule has 0 aromatic heterocycles. The van der Waals surface area contributed by atoms with Crippen molar-refractivity contribution < 1.29 is 9.84 Å². The molecule has 2 aliphatic rings. The molecule has 3 atom stereocenters. The lowest BCUT2D eigenvalue weighted by molar-refractivity contribution is 0.0750. The highest BCUT2D eigenvalue weighted by Gasteiger charge is 2.55. The number of rotatable bonds is 6. The Hall–Kier alpha value is -1.84. The Morgan fingerprint density at radius 2 is 1.80 bits per heavy atom.